The number of fused-ring (bicyclic) bond motifs is 1. The molecule has 0 saturated carbocycles. The second-order valence-corrected chi connectivity index (χ2v) is 9.52. The van der Waals surface area contributed by atoms with E-state index in [4.69, 9.17) is 4.98 Å². The summed E-state index contributed by atoms with van der Waals surface area (Å²) in [4.78, 5) is 40.2. The first kappa shape index (κ1) is 21.0. The summed E-state index contributed by atoms with van der Waals surface area (Å²) in [6.07, 6.45) is 6.54. The summed E-state index contributed by atoms with van der Waals surface area (Å²) in [5.41, 5.74) is 2.83. The van der Waals surface area contributed by atoms with E-state index in [1.807, 2.05) is 12.1 Å². The number of carbonyl (C=O) groups excluding carboxylic acids is 2. The molecular formula is C25H24N4O2S. The van der Waals surface area contributed by atoms with Crippen LogP contribution in [-0.2, 0) is 22.6 Å². The zero-order valence-electron chi connectivity index (χ0n) is 17.7. The SMILES string of the molecule is O=C1CC(=O)/C(=C/c2ccnc(C[C@H]3CCCN(Cc4ccc5ccccc5n4)C3)n2)S1. The maximum absolute atomic E-state index is 11.9. The average Bonchev–Trinajstić information content (AvgIpc) is 3.10. The number of hydrogen-bond donors (Lipinski definition) is 0. The molecule has 5 rings (SSSR count). The fourth-order valence-electron chi connectivity index (χ4n) is 4.42. The van der Waals surface area contributed by atoms with Crippen molar-refractivity contribution >= 4 is 39.6 Å². The molecule has 2 fully saturated rings. The minimum absolute atomic E-state index is 0.0155. The molecule has 2 aliphatic rings. The van der Waals surface area contributed by atoms with E-state index in [1.54, 1.807) is 18.3 Å². The van der Waals surface area contributed by atoms with Crippen LogP contribution in [0.25, 0.3) is 17.0 Å². The number of piperidine rings is 1. The van der Waals surface area contributed by atoms with E-state index >= 15 is 0 Å². The van der Waals surface area contributed by atoms with Crippen LogP contribution in [0.2, 0.25) is 0 Å². The Morgan fingerprint density at radius 3 is 2.88 bits per heavy atom. The van der Waals surface area contributed by atoms with Gasteiger partial charge in [0.1, 0.15) is 5.82 Å². The van der Waals surface area contributed by atoms with Gasteiger partial charge < -0.3 is 0 Å². The van der Waals surface area contributed by atoms with Crippen molar-refractivity contribution < 1.29 is 9.59 Å². The zero-order chi connectivity index (χ0) is 21.9. The molecule has 2 aromatic heterocycles. The number of thioether (sulfide) groups is 1. The van der Waals surface area contributed by atoms with Crippen LogP contribution in [0.15, 0.2) is 53.6 Å². The van der Waals surface area contributed by atoms with E-state index in [2.05, 4.69) is 39.1 Å². The second-order valence-electron chi connectivity index (χ2n) is 8.42. The van der Waals surface area contributed by atoms with Gasteiger partial charge in [0.2, 0.25) is 5.12 Å². The third-order valence-corrected chi connectivity index (χ3v) is 6.86. The third kappa shape index (κ3) is 4.95. The van der Waals surface area contributed by atoms with Crippen molar-refractivity contribution in [2.75, 3.05) is 13.1 Å². The quantitative estimate of drug-likeness (QED) is 0.434. The molecule has 4 heterocycles. The summed E-state index contributed by atoms with van der Waals surface area (Å²) >= 11 is 1.01. The van der Waals surface area contributed by atoms with Crippen molar-refractivity contribution in [2.24, 2.45) is 5.92 Å². The third-order valence-electron chi connectivity index (χ3n) is 5.93. The van der Waals surface area contributed by atoms with Crippen LogP contribution in [0.1, 0.15) is 36.5 Å². The molecule has 0 spiro atoms. The predicted octanol–water partition coefficient (Wildman–Crippen LogP) is 4.05. The van der Waals surface area contributed by atoms with Gasteiger partial charge in [-0.25, -0.2) is 9.97 Å². The first-order valence-electron chi connectivity index (χ1n) is 11.0. The fraction of sp³-hybridized carbons (Fsp3) is 0.320. The lowest BCUT2D eigenvalue weighted by Crippen LogP contribution is -2.36. The van der Waals surface area contributed by atoms with Crippen LogP contribution < -0.4 is 0 Å². The molecule has 0 bridgehead atoms. The summed E-state index contributed by atoms with van der Waals surface area (Å²) in [7, 11) is 0. The Morgan fingerprint density at radius 1 is 1.09 bits per heavy atom. The topological polar surface area (TPSA) is 76.1 Å². The Hall–Kier alpha value is -2.90. The average molecular weight is 445 g/mol. The largest absolute Gasteiger partial charge is 0.297 e. The molecule has 0 radical (unpaired) electrons. The van der Waals surface area contributed by atoms with Gasteiger partial charge in [0.25, 0.3) is 0 Å². The van der Waals surface area contributed by atoms with E-state index in [9.17, 15) is 9.59 Å². The number of nitrogens with zero attached hydrogens (tertiary/aromatic N) is 4. The number of rotatable bonds is 5. The number of para-hydroxylation sites is 1. The number of ketones is 1. The number of allylic oxidation sites excluding steroid dienone is 1. The van der Waals surface area contributed by atoms with E-state index in [-0.39, 0.29) is 17.3 Å². The first-order chi connectivity index (χ1) is 15.6. The number of hydrogen-bond acceptors (Lipinski definition) is 7. The number of benzene rings is 1. The maximum Gasteiger partial charge on any atom is 0.201 e. The predicted molar refractivity (Wildman–Crippen MR) is 126 cm³/mol. The van der Waals surface area contributed by atoms with Crippen LogP contribution in [-0.4, -0.2) is 43.8 Å². The Kier molecular flexibility index (Phi) is 6.10. The van der Waals surface area contributed by atoms with Gasteiger partial charge in [-0.2, -0.15) is 0 Å². The van der Waals surface area contributed by atoms with Crippen molar-refractivity contribution in [3.63, 3.8) is 0 Å². The second kappa shape index (κ2) is 9.30. The van der Waals surface area contributed by atoms with E-state index in [1.165, 1.54) is 5.39 Å². The molecular weight excluding hydrogens is 420 g/mol. The molecule has 3 aromatic rings. The van der Waals surface area contributed by atoms with Gasteiger partial charge >= 0.3 is 0 Å². The molecule has 6 nitrogen and oxygen atoms in total. The lowest BCUT2D eigenvalue weighted by atomic mass is 9.94. The standard InChI is InChI=1S/C25H24N4O2S/c30-22-14-25(31)32-23(22)13-19-9-10-26-24(28-19)12-17-4-3-11-29(15-17)16-20-8-7-18-5-1-2-6-21(18)27-20/h1-2,5-10,13,17H,3-4,11-12,14-16H2/b23-13-/t17-/m1/s1. The number of carbonyl (C=O) groups is 2. The highest BCUT2D eigenvalue weighted by Gasteiger charge is 2.26. The minimum atomic E-state index is -0.120. The van der Waals surface area contributed by atoms with Crippen molar-refractivity contribution in [3.8, 4) is 0 Å². The first-order valence-corrected chi connectivity index (χ1v) is 11.8. The maximum atomic E-state index is 11.9. The molecule has 7 heteroatoms. The number of likely N-dealkylation sites (tertiary alicyclic amines) is 1. The molecule has 32 heavy (non-hydrogen) atoms. The van der Waals surface area contributed by atoms with Gasteiger partial charge in [-0.05, 0) is 61.3 Å². The Bertz CT molecular complexity index is 1210. The minimum Gasteiger partial charge on any atom is -0.297 e. The van der Waals surface area contributed by atoms with Gasteiger partial charge in [-0.15, -0.1) is 0 Å². The number of pyridine rings is 1. The molecule has 1 atom stereocenters. The monoisotopic (exact) mass is 444 g/mol. The highest BCUT2D eigenvalue weighted by molar-refractivity contribution is 8.18. The normalized spacial score (nSPS) is 21.0. The van der Waals surface area contributed by atoms with Crippen LogP contribution >= 0.6 is 11.8 Å². The van der Waals surface area contributed by atoms with Gasteiger partial charge in [-0.1, -0.05) is 24.3 Å². The van der Waals surface area contributed by atoms with Crippen molar-refractivity contribution in [3.05, 3.63) is 70.8 Å². The van der Waals surface area contributed by atoms with Crippen molar-refractivity contribution in [2.45, 2.75) is 32.2 Å². The Morgan fingerprint density at radius 2 is 2.00 bits per heavy atom. The van der Waals surface area contributed by atoms with E-state index in [0.29, 0.717) is 16.5 Å². The molecule has 162 valence electrons. The highest BCUT2D eigenvalue weighted by atomic mass is 32.2. The van der Waals surface area contributed by atoms with Crippen LogP contribution in [0, 0.1) is 5.92 Å². The van der Waals surface area contributed by atoms with Crippen LogP contribution in [0.4, 0.5) is 0 Å². The molecule has 1 aromatic carbocycles. The van der Waals surface area contributed by atoms with Gasteiger partial charge in [-0.3, -0.25) is 19.5 Å². The lowest BCUT2D eigenvalue weighted by Gasteiger charge is -2.32. The van der Waals surface area contributed by atoms with Crippen molar-refractivity contribution in [1.29, 1.82) is 0 Å². The molecule has 2 saturated heterocycles. The zero-order valence-corrected chi connectivity index (χ0v) is 18.6. The lowest BCUT2D eigenvalue weighted by molar-refractivity contribution is -0.119. The summed E-state index contributed by atoms with van der Waals surface area (Å²) in [5.74, 6) is 1.15. The Labute approximate surface area is 191 Å². The highest BCUT2D eigenvalue weighted by Crippen LogP contribution is 2.30. The molecule has 0 amide bonds. The Balaban J connectivity index is 1.23. The summed E-state index contributed by atoms with van der Waals surface area (Å²) < 4.78 is 0. The summed E-state index contributed by atoms with van der Waals surface area (Å²) in [5, 5.41) is 1.07. The van der Waals surface area contributed by atoms with Crippen molar-refractivity contribution in [1.82, 2.24) is 19.9 Å². The molecule has 0 aliphatic carbocycles. The smallest absolute Gasteiger partial charge is 0.201 e. The van der Waals surface area contributed by atoms with E-state index < -0.39 is 0 Å². The molecule has 0 N–H and O–H groups in total. The fourth-order valence-corrected chi connectivity index (χ4v) is 5.23. The number of Topliss-reactive ketones (excluding diaryl/α,β-unsaturated/α-hetero) is 1. The summed E-state index contributed by atoms with van der Waals surface area (Å²) in [6, 6.07) is 14.3. The van der Waals surface area contributed by atoms with Gasteiger partial charge in [0.05, 0.1) is 28.2 Å². The number of aromatic nitrogens is 3. The summed E-state index contributed by atoms with van der Waals surface area (Å²) in [6.45, 7) is 2.92. The van der Waals surface area contributed by atoms with Crippen LogP contribution in [0.3, 0.4) is 0 Å². The van der Waals surface area contributed by atoms with E-state index in [0.717, 1.165) is 67.7 Å². The van der Waals surface area contributed by atoms with Gasteiger partial charge in [0, 0.05) is 31.1 Å². The molecule has 0 unspecified atom stereocenters. The van der Waals surface area contributed by atoms with Crippen LogP contribution in [0.5, 0.6) is 0 Å². The van der Waals surface area contributed by atoms with Gasteiger partial charge in [0.15, 0.2) is 5.78 Å². The molecule has 2 aliphatic heterocycles.